The molecule has 182 valence electrons. The summed E-state index contributed by atoms with van der Waals surface area (Å²) in [6.45, 7) is 12.1. The molecule has 0 spiro atoms. The van der Waals surface area contributed by atoms with Crippen LogP contribution in [-0.2, 0) is 11.3 Å². The topological polar surface area (TPSA) is 86.7 Å². The summed E-state index contributed by atoms with van der Waals surface area (Å²) < 4.78 is 16.9. The van der Waals surface area contributed by atoms with Gasteiger partial charge in [0, 0.05) is 51.4 Å². The third kappa shape index (κ3) is 7.57. The molecule has 2 aliphatic heterocycles. The summed E-state index contributed by atoms with van der Waals surface area (Å²) in [5, 5.41) is 23.5. The largest absolute Gasteiger partial charge is 0.493 e. The van der Waals surface area contributed by atoms with E-state index in [-0.39, 0.29) is 18.2 Å². The lowest BCUT2D eigenvalue weighted by Gasteiger charge is -2.41. The fraction of sp³-hybridized carbons (Fsp3) is 0.750. The summed E-state index contributed by atoms with van der Waals surface area (Å²) in [5.41, 5.74) is 1.19. The van der Waals surface area contributed by atoms with Crippen molar-refractivity contribution in [3.63, 3.8) is 0 Å². The third-order valence-corrected chi connectivity index (χ3v) is 6.44. The second-order valence-electron chi connectivity index (χ2n) is 9.50. The van der Waals surface area contributed by atoms with E-state index in [9.17, 15) is 10.2 Å². The minimum absolute atomic E-state index is 0.0690. The highest BCUT2D eigenvalue weighted by atomic mass is 16.5. The van der Waals surface area contributed by atoms with Crippen LogP contribution in [0.25, 0.3) is 0 Å². The quantitative estimate of drug-likeness (QED) is 0.461. The van der Waals surface area contributed by atoms with Crippen LogP contribution in [0.5, 0.6) is 11.5 Å². The number of benzene rings is 1. The maximum absolute atomic E-state index is 10.4. The number of aliphatic hydroxyl groups excluding tert-OH is 2. The Labute approximate surface area is 192 Å². The molecule has 0 aromatic heterocycles. The van der Waals surface area contributed by atoms with Gasteiger partial charge in [-0.05, 0) is 44.4 Å². The minimum Gasteiger partial charge on any atom is -0.493 e. The molecule has 1 aromatic carbocycles. The van der Waals surface area contributed by atoms with Crippen LogP contribution in [0.3, 0.4) is 0 Å². The van der Waals surface area contributed by atoms with Crippen molar-refractivity contribution in [2.75, 3.05) is 66.2 Å². The van der Waals surface area contributed by atoms with Crippen LogP contribution in [0.4, 0.5) is 0 Å². The van der Waals surface area contributed by atoms with Crippen LogP contribution in [0.1, 0.15) is 32.3 Å². The van der Waals surface area contributed by atoms with E-state index < -0.39 is 6.10 Å². The van der Waals surface area contributed by atoms with Crippen molar-refractivity contribution in [1.29, 1.82) is 0 Å². The molecular formula is C24H41N3O5. The molecule has 0 radical (unpaired) electrons. The number of nitrogens with zero attached hydrogens (tertiary/aromatic N) is 2. The number of hydrogen-bond acceptors (Lipinski definition) is 8. The number of likely N-dealkylation sites (tertiary alicyclic amines) is 1. The van der Waals surface area contributed by atoms with Crippen LogP contribution >= 0.6 is 0 Å². The summed E-state index contributed by atoms with van der Waals surface area (Å²) in [7, 11) is 1.64. The summed E-state index contributed by atoms with van der Waals surface area (Å²) in [4.78, 5) is 4.64. The van der Waals surface area contributed by atoms with E-state index in [1.165, 1.54) is 0 Å². The highest BCUT2D eigenvalue weighted by Gasteiger charge is 2.27. The van der Waals surface area contributed by atoms with Crippen LogP contribution in [0.2, 0.25) is 0 Å². The first kappa shape index (κ1) is 25.2. The van der Waals surface area contributed by atoms with Gasteiger partial charge in [0.1, 0.15) is 12.7 Å². The Bertz CT molecular complexity index is 688. The molecule has 32 heavy (non-hydrogen) atoms. The van der Waals surface area contributed by atoms with Gasteiger partial charge in [0.25, 0.3) is 0 Å². The first-order valence-corrected chi connectivity index (χ1v) is 11.8. The van der Waals surface area contributed by atoms with Crippen molar-refractivity contribution in [2.24, 2.45) is 0 Å². The predicted molar refractivity (Wildman–Crippen MR) is 124 cm³/mol. The molecule has 0 aliphatic carbocycles. The van der Waals surface area contributed by atoms with E-state index in [1.807, 2.05) is 18.2 Å². The van der Waals surface area contributed by atoms with E-state index in [0.29, 0.717) is 18.0 Å². The Balaban J connectivity index is 1.44. The summed E-state index contributed by atoms with van der Waals surface area (Å²) in [5.74, 6) is 1.31. The molecule has 2 aliphatic rings. The van der Waals surface area contributed by atoms with Crippen molar-refractivity contribution < 1.29 is 24.4 Å². The Morgan fingerprint density at radius 3 is 2.56 bits per heavy atom. The highest BCUT2D eigenvalue weighted by molar-refractivity contribution is 5.43. The van der Waals surface area contributed by atoms with Crippen LogP contribution in [-0.4, -0.2) is 104 Å². The molecule has 0 amide bonds. The van der Waals surface area contributed by atoms with E-state index in [4.69, 9.17) is 14.2 Å². The molecule has 1 atom stereocenters. The number of piperidine rings is 1. The zero-order valence-electron chi connectivity index (χ0n) is 19.9. The Morgan fingerprint density at radius 2 is 1.88 bits per heavy atom. The molecule has 3 rings (SSSR count). The molecule has 8 heteroatoms. The average Bonchev–Trinajstić information content (AvgIpc) is 2.80. The molecule has 1 aromatic rings. The Morgan fingerprint density at radius 1 is 1.16 bits per heavy atom. The zero-order chi connectivity index (χ0) is 23.0. The number of rotatable bonds is 11. The van der Waals surface area contributed by atoms with Crippen molar-refractivity contribution in [1.82, 2.24) is 15.1 Å². The zero-order valence-corrected chi connectivity index (χ0v) is 19.9. The van der Waals surface area contributed by atoms with Gasteiger partial charge in [-0.2, -0.15) is 0 Å². The summed E-state index contributed by atoms with van der Waals surface area (Å²) in [6.07, 6.45) is 0.738. The standard InChI is InChI=1S/C24H41N3O5/c1-24(2,27-10-12-31-13-11-27)18-25-15-19-4-5-22(23(14-19)30-3)32-17-21(29)16-26-8-6-20(28)7-9-26/h4-5,14,20-21,25,28-29H,6-13,15-18H2,1-3H3/t21-/m0/s1. The number of hydrogen-bond donors (Lipinski definition) is 3. The molecule has 8 nitrogen and oxygen atoms in total. The number of methoxy groups -OCH3 is 1. The fourth-order valence-corrected chi connectivity index (χ4v) is 4.37. The van der Waals surface area contributed by atoms with Gasteiger partial charge in [0.05, 0.1) is 26.4 Å². The van der Waals surface area contributed by atoms with Crippen molar-refractivity contribution in [2.45, 2.75) is 51.0 Å². The first-order chi connectivity index (χ1) is 15.4. The highest BCUT2D eigenvalue weighted by Crippen LogP contribution is 2.28. The number of morpholine rings is 1. The molecule has 2 fully saturated rings. The van der Waals surface area contributed by atoms with E-state index in [1.54, 1.807) is 7.11 Å². The van der Waals surface area contributed by atoms with E-state index >= 15 is 0 Å². The smallest absolute Gasteiger partial charge is 0.161 e. The van der Waals surface area contributed by atoms with Gasteiger partial charge in [-0.15, -0.1) is 0 Å². The number of aliphatic hydroxyl groups is 2. The predicted octanol–water partition coefficient (Wildman–Crippen LogP) is 1.09. The van der Waals surface area contributed by atoms with Crippen molar-refractivity contribution in [3.05, 3.63) is 23.8 Å². The fourth-order valence-electron chi connectivity index (χ4n) is 4.37. The van der Waals surface area contributed by atoms with Crippen LogP contribution in [0, 0.1) is 0 Å². The lowest BCUT2D eigenvalue weighted by atomic mass is 10.0. The Kier molecular flexibility index (Phi) is 9.58. The molecular weight excluding hydrogens is 410 g/mol. The lowest BCUT2D eigenvalue weighted by Crippen LogP contribution is -2.54. The first-order valence-electron chi connectivity index (χ1n) is 11.8. The van der Waals surface area contributed by atoms with Crippen LogP contribution in [0.15, 0.2) is 18.2 Å². The molecule has 0 bridgehead atoms. The molecule has 2 heterocycles. The lowest BCUT2D eigenvalue weighted by molar-refractivity contribution is -0.00967. The maximum atomic E-state index is 10.4. The van der Waals surface area contributed by atoms with Gasteiger partial charge in [0.2, 0.25) is 0 Å². The van der Waals surface area contributed by atoms with Gasteiger partial charge >= 0.3 is 0 Å². The average molecular weight is 452 g/mol. The van der Waals surface area contributed by atoms with Crippen molar-refractivity contribution in [3.8, 4) is 11.5 Å². The summed E-state index contributed by atoms with van der Waals surface area (Å²) >= 11 is 0. The van der Waals surface area contributed by atoms with Gasteiger partial charge in [0.15, 0.2) is 11.5 Å². The maximum Gasteiger partial charge on any atom is 0.161 e. The van der Waals surface area contributed by atoms with Crippen molar-refractivity contribution >= 4 is 0 Å². The molecule has 0 saturated carbocycles. The number of β-amino-alcohol motifs (C(OH)–C–C–N with tert-alkyl or cyclic N) is 1. The normalized spacial score (nSPS) is 20.3. The van der Waals surface area contributed by atoms with E-state index in [2.05, 4.69) is 29.0 Å². The molecule has 2 saturated heterocycles. The molecule has 3 N–H and O–H groups in total. The molecule has 0 unspecified atom stereocenters. The van der Waals surface area contributed by atoms with Gasteiger partial charge in [-0.25, -0.2) is 0 Å². The monoisotopic (exact) mass is 451 g/mol. The Hall–Kier alpha value is -1.42. The van der Waals surface area contributed by atoms with Crippen LogP contribution < -0.4 is 14.8 Å². The van der Waals surface area contributed by atoms with Gasteiger partial charge in [-0.1, -0.05) is 6.07 Å². The third-order valence-electron chi connectivity index (χ3n) is 6.44. The number of nitrogens with one attached hydrogen (secondary N) is 1. The number of ether oxygens (including phenoxy) is 3. The summed E-state index contributed by atoms with van der Waals surface area (Å²) in [6, 6.07) is 5.93. The second-order valence-corrected chi connectivity index (χ2v) is 9.50. The minimum atomic E-state index is -0.585. The SMILES string of the molecule is COc1cc(CNCC(C)(C)N2CCOCC2)ccc1OC[C@@H](O)CN1CCC(O)CC1. The van der Waals surface area contributed by atoms with Gasteiger partial charge < -0.3 is 34.6 Å². The van der Waals surface area contributed by atoms with E-state index in [0.717, 1.165) is 70.9 Å². The second kappa shape index (κ2) is 12.2. The van der Waals surface area contributed by atoms with Gasteiger partial charge in [-0.3, -0.25) is 4.90 Å².